The Kier molecular flexibility index (Phi) is 7.64. The normalized spacial score (nSPS) is 22.0. The molecule has 2 aliphatic heterocycles. The first-order valence-corrected chi connectivity index (χ1v) is 9.95. The highest BCUT2D eigenvalue weighted by Gasteiger charge is 2.43. The van der Waals surface area contributed by atoms with Crippen LogP contribution in [-0.2, 0) is 20.9 Å². The number of nitrogens with zero attached hydrogens (tertiary/aromatic N) is 3. The molecule has 0 spiro atoms. The number of likely N-dealkylation sites (tertiary alicyclic amines) is 2. The maximum Gasteiger partial charge on any atom is 0.490 e. The molecule has 0 radical (unpaired) electrons. The number of hydrogen-bond acceptors (Lipinski definition) is 5. The lowest BCUT2D eigenvalue weighted by atomic mass is 9.88. The van der Waals surface area contributed by atoms with Crippen LogP contribution in [0.25, 0.3) is 0 Å². The first kappa shape index (κ1) is 23.1. The molecule has 3 heterocycles. The summed E-state index contributed by atoms with van der Waals surface area (Å²) in [4.78, 5) is 39.1. The lowest BCUT2D eigenvalue weighted by molar-refractivity contribution is -0.192. The summed E-state index contributed by atoms with van der Waals surface area (Å²) in [5.74, 6) is -2.06. The van der Waals surface area contributed by atoms with Crippen molar-refractivity contribution in [3.63, 3.8) is 0 Å². The van der Waals surface area contributed by atoms with Crippen molar-refractivity contribution in [3.8, 4) is 0 Å². The number of amides is 2. The Labute approximate surface area is 170 Å². The molecular formula is C18H24F3N3O4S. The van der Waals surface area contributed by atoms with E-state index in [9.17, 15) is 22.8 Å². The van der Waals surface area contributed by atoms with Crippen molar-refractivity contribution in [2.24, 2.45) is 11.8 Å². The molecule has 0 aliphatic carbocycles. The van der Waals surface area contributed by atoms with E-state index in [1.165, 1.54) is 5.56 Å². The first-order chi connectivity index (χ1) is 13.5. The summed E-state index contributed by atoms with van der Waals surface area (Å²) in [6.07, 6.45) is -4.07. The Morgan fingerprint density at radius 2 is 1.97 bits per heavy atom. The number of halogens is 3. The van der Waals surface area contributed by atoms with Crippen LogP contribution in [0.5, 0.6) is 0 Å². The Balaban J connectivity index is 0.000000370. The third kappa shape index (κ3) is 6.43. The minimum atomic E-state index is -5.08. The van der Waals surface area contributed by atoms with Gasteiger partial charge in [0.1, 0.15) is 0 Å². The van der Waals surface area contributed by atoms with Crippen LogP contribution in [0, 0.1) is 11.8 Å². The van der Waals surface area contributed by atoms with E-state index in [1.807, 2.05) is 0 Å². The van der Waals surface area contributed by atoms with Gasteiger partial charge in [-0.3, -0.25) is 14.5 Å². The van der Waals surface area contributed by atoms with Crippen molar-refractivity contribution < 1.29 is 32.7 Å². The maximum absolute atomic E-state index is 12.6. The number of hydrogen-bond donors (Lipinski definition) is 1. The molecule has 1 N–H and O–H groups in total. The molecule has 3 rings (SSSR count). The molecular weight excluding hydrogens is 411 g/mol. The molecule has 2 aliphatic rings. The van der Waals surface area contributed by atoms with E-state index in [-0.39, 0.29) is 24.3 Å². The molecule has 0 saturated carbocycles. The summed E-state index contributed by atoms with van der Waals surface area (Å²) < 4.78 is 31.7. The molecule has 0 bridgehead atoms. The van der Waals surface area contributed by atoms with Gasteiger partial charge in [0.05, 0.1) is 12.5 Å². The molecule has 7 nitrogen and oxygen atoms in total. The van der Waals surface area contributed by atoms with E-state index in [1.54, 1.807) is 35.2 Å². The molecule has 0 aromatic carbocycles. The van der Waals surface area contributed by atoms with Gasteiger partial charge in [-0.2, -0.15) is 24.5 Å². The second-order valence-corrected chi connectivity index (χ2v) is 8.11. The van der Waals surface area contributed by atoms with Crippen molar-refractivity contribution in [1.82, 2.24) is 14.7 Å². The monoisotopic (exact) mass is 435 g/mol. The number of fused-ring (bicyclic) bond motifs is 1. The Morgan fingerprint density at radius 3 is 2.48 bits per heavy atom. The summed E-state index contributed by atoms with van der Waals surface area (Å²) >= 11 is 1.71. The van der Waals surface area contributed by atoms with Crippen LogP contribution >= 0.6 is 11.3 Å². The average Bonchev–Trinajstić information content (AvgIpc) is 3.27. The summed E-state index contributed by atoms with van der Waals surface area (Å²) in [5, 5.41) is 11.4. The largest absolute Gasteiger partial charge is 0.490 e. The van der Waals surface area contributed by atoms with Crippen LogP contribution < -0.4 is 0 Å². The number of rotatable bonds is 4. The Bertz CT molecular complexity index is 724. The van der Waals surface area contributed by atoms with Crippen LogP contribution in [0.1, 0.15) is 12.0 Å². The summed E-state index contributed by atoms with van der Waals surface area (Å²) in [6.45, 7) is 3.69. The van der Waals surface area contributed by atoms with Gasteiger partial charge in [0.25, 0.3) is 0 Å². The number of carboxylic acids is 1. The van der Waals surface area contributed by atoms with Gasteiger partial charge in [-0.15, -0.1) is 0 Å². The summed E-state index contributed by atoms with van der Waals surface area (Å²) in [6, 6.07) is 2.15. The zero-order chi connectivity index (χ0) is 21.8. The van der Waals surface area contributed by atoms with Crippen molar-refractivity contribution >= 4 is 29.1 Å². The lowest BCUT2D eigenvalue weighted by Crippen LogP contribution is -2.49. The highest BCUT2D eigenvalue weighted by molar-refractivity contribution is 7.07. The van der Waals surface area contributed by atoms with Gasteiger partial charge in [0.2, 0.25) is 11.8 Å². The van der Waals surface area contributed by atoms with E-state index in [2.05, 4.69) is 21.7 Å². The second-order valence-electron chi connectivity index (χ2n) is 7.33. The van der Waals surface area contributed by atoms with E-state index in [0.29, 0.717) is 12.5 Å². The smallest absolute Gasteiger partial charge is 0.475 e. The van der Waals surface area contributed by atoms with Crippen LogP contribution in [0.2, 0.25) is 0 Å². The summed E-state index contributed by atoms with van der Waals surface area (Å²) in [7, 11) is 3.47. The molecule has 0 unspecified atom stereocenters. The second kappa shape index (κ2) is 9.57. The molecule has 162 valence electrons. The molecule has 1 aromatic rings. The van der Waals surface area contributed by atoms with Gasteiger partial charge in [0.15, 0.2) is 0 Å². The van der Waals surface area contributed by atoms with Gasteiger partial charge < -0.3 is 14.9 Å². The van der Waals surface area contributed by atoms with Crippen molar-refractivity contribution in [2.45, 2.75) is 19.1 Å². The number of likely N-dealkylation sites (N-methyl/N-ethyl adjacent to an activating group) is 1. The van der Waals surface area contributed by atoms with Crippen LogP contribution in [0.15, 0.2) is 16.8 Å². The molecule has 2 fully saturated rings. The molecule has 2 atom stereocenters. The van der Waals surface area contributed by atoms with Gasteiger partial charge >= 0.3 is 12.1 Å². The van der Waals surface area contributed by atoms with Crippen molar-refractivity contribution in [3.05, 3.63) is 22.4 Å². The van der Waals surface area contributed by atoms with E-state index in [0.717, 1.165) is 26.1 Å². The van der Waals surface area contributed by atoms with E-state index < -0.39 is 12.1 Å². The number of carboxylic acid groups (broad SMARTS) is 1. The number of thiophene rings is 1. The van der Waals surface area contributed by atoms with Crippen LogP contribution in [0.4, 0.5) is 13.2 Å². The van der Waals surface area contributed by atoms with Gasteiger partial charge in [-0.05, 0) is 34.7 Å². The summed E-state index contributed by atoms with van der Waals surface area (Å²) in [5.41, 5.74) is 1.33. The predicted octanol–water partition coefficient (Wildman–Crippen LogP) is 1.75. The molecule has 2 saturated heterocycles. The Hall–Kier alpha value is -2.14. The predicted molar refractivity (Wildman–Crippen MR) is 100 cm³/mol. The number of alkyl halides is 3. The quantitative estimate of drug-likeness (QED) is 0.780. The number of aliphatic carboxylic acids is 1. The Morgan fingerprint density at radius 1 is 1.31 bits per heavy atom. The minimum absolute atomic E-state index is 0.0000683. The fourth-order valence-corrected chi connectivity index (χ4v) is 4.09. The zero-order valence-electron chi connectivity index (χ0n) is 16.2. The highest BCUT2D eigenvalue weighted by Crippen LogP contribution is 2.33. The minimum Gasteiger partial charge on any atom is -0.475 e. The third-order valence-corrected chi connectivity index (χ3v) is 5.70. The molecule has 2 amide bonds. The topological polar surface area (TPSA) is 81.2 Å². The number of carbonyl (C=O) groups is 3. The van der Waals surface area contributed by atoms with Gasteiger partial charge in [-0.25, -0.2) is 4.79 Å². The molecule has 29 heavy (non-hydrogen) atoms. The fourth-order valence-electron chi connectivity index (χ4n) is 3.43. The van der Waals surface area contributed by atoms with E-state index in [4.69, 9.17) is 9.90 Å². The number of piperidine rings is 1. The van der Waals surface area contributed by atoms with Crippen LogP contribution in [-0.4, -0.2) is 84.0 Å². The van der Waals surface area contributed by atoms with Gasteiger partial charge in [-0.1, -0.05) is 0 Å². The lowest BCUT2D eigenvalue weighted by Gasteiger charge is -2.34. The zero-order valence-corrected chi connectivity index (χ0v) is 17.0. The van der Waals surface area contributed by atoms with Crippen molar-refractivity contribution in [1.29, 1.82) is 0 Å². The third-order valence-electron chi connectivity index (χ3n) is 4.97. The number of carbonyl (C=O) groups excluding carboxylic acids is 2. The van der Waals surface area contributed by atoms with E-state index >= 15 is 0 Å². The maximum atomic E-state index is 12.6. The highest BCUT2D eigenvalue weighted by atomic mass is 32.1. The standard InChI is InChI=1S/C16H23N3O2S.C2HF3O2/c1-17(2)15(20)10-19-5-3-13-8-18(9-14(13)16(19)21)7-12-4-6-22-11-12;3-2(4,5)1(6)7/h4,6,11,13-14H,3,5,7-10H2,1-2H3;(H,6,7)/t13-,14-;/m0./s1. The fraction of sp³-hybridized carbons (Fsp3) is 0.611. The SMILES string of the molecule is CN(C)C(=O)CN1CC[C@H]2CN(Cc3ccsc3)C[C@@H]2C1=O.O=C(O)C(F)(F)F. The molecule has 1 aromatic heterocycles. The molecule has 11 heteroatoms. The van der Waals surface area contributed by atoms with Crippen molar-refractivity contribution in [2.75, 3.05) is 40.3 Å². The first-order valence-electron chi connectivity index (χ1n) is 9.01. The van der Waals surface area contributed by atoms with Gasteiger partial charge in [0, 0.05) is 40.3 Å². The van der Waals surface area contributed by atoms with Crippen LogP contribution in [0.3, 0.4) is 0 Å². The average molecular weight is 435 g/mol.